The molecule has 0 saturated heterocycles. The molecule has 2 N–H and O–H groups in total. The molecule has 0 unspecified atom stereocenters. The average molecular weight is 318 g/mol. The van der Waals surface area contributed by atoms with E-state index in [1.54, 1.807) is 0 Å². The van der Waals surface area contributed by atoms with Crippen LogP contribution in [0.2, 0.25) is 0 Å². The Hall–Kier alpha value is -1.77. The molecule has 0 aliphatic heterocycles. The van der Waals surface area contributed by atoms with E-state index in [9.17, 15) is 9.90 Å². The highest BCUT2D eigenvalue weighted by Crippen LogP contribution is 2.40. The van der Waals surface area contributed by atoms with E-state index in [2.05, 4.69) is 41.5 Å². The Morgan fingerprint density at radius 2 is 1.52 bits per heavy atom. The van der Waals surface area contributed by atoms with Crippen LogP contribution in [0.25, 0.3) is 6.08 Å². The number of carboxylic acid groups (broad SMARTS) is 1. The number of rotatable bonds is 5. The fourth-order valence-corrected chi connectivity index (χ4v) is 2.49. The van der Waals surface area contributed by atoms with Crippen LogP contribution in [0.1, 0.15) is 77.5 Å². The molecule has 23 heavy (non-hydrogen) atoms. The molecule has 0 aliphatic rings. The molecular formula is C20H30O3. The van der Waals surface area contributed by atoms with Gasteiger partial charge in [0.15, 0.2) is 0 Å². The van der Waals surface area contributed by atoms with Crippen molar-refractivity contribution in [2.24, 2.45) is 0 Å². The maximum Gasteiger partial charge on any atom is 0.303 e. The van der Waals surface area contributed by atoms with E-state index in [0.717, 1.165) is 23.1 Å². The third-order valence-corrected chi connectivity index (χ3v) is 3.82. The van der Waals surface area contributed by atoms with Gasteiger partial charge in [0.25, 0.3) is 0 Å². The lowest BCUT2D eigenvalue weighted by Gasteiger charge is -2.27. The maximum atomic E-state index is 10.7. The highest BCUT2D eigenvalue weighted by atomic mass is 16.4. The minimum atomic E-state index is -0.756. The molecule has 3 nitrogen and oxygen atoms in total. The standard InChI is InChI=1S/C20H30O3/c1-19(2,3)15-12-14(10-8-7-9-11-17(21)22)13-16(18(15)23)20(4,5)6/h8,10,12-13,23H,7,9,11H2,1-6H3,(H,21,22). The normalized spacial score (nSPS) is 12.8. The van der Waals surface area contributed by atoms with Crippen molar-refractivity contribution < 1.29 is 15.0 Å². The first-order chi connectivity index (χ1) is 10.4. The fourth-order valence-electron chi connectivity index (χ4n) is 2.49. The van der Waals surface area contributed by atoms with Gasteiger partial charge in [-0.25, -0.2) is 0 Å². The van der Waals surface area contributed by atoms with E-state index in [-0.39, 0.29) is 17.3 Å². The van der Waals surface area contributed by atoms with Gasteiger partial charge in [-0.15, -0.1) is 0 Å². The van der Waals surface area contributed by atoms with Crippen molar-refractivity contribution in [3.63, 3.8) is 0 Å². The molecule has 0 amide bonds. The topological polar surface area (TPSA) is 57.5 Å². The smallest absolute Gasteiger partial charge is 0.303 e. The average Bonchev–Trinajstić information content (AvgIpc) is 2.36. The van der Waals surface area contributed by atoms with Crippen LogP contribution in [0.4, 0.5) is 0 Å². The summed E-state index contributed by atoms with van der Waals surface area (Å²) in [6, 6.07) is 4.05. The SMILES string of the molecule is CC(C)(C)c1cc(C=CCCCC(=O)O)cc(C(C)(C)C)c1O. The molecule has 1 aromatic carbocycles. The van der Waals surface area contributed by atoms with E-state index in [1.807, 2.05) is 24.3 Å². The number of hydrogen-bond acceptors (Lipinski definition) is 2. The van der Waals surface area contributed by atoms with Gasteiger partial charge >= 0.3 is 5.97 Å². The van der Waals surface area contributed by atoms with Crippen LogP contribution in [0, 0.1) is 0 Å². The molecule has 0 aromatic heterocycles. The molecule has 0 radical (unpaired) electrons. The van der Waals surface area contributed by atoms with Gasteiger partial charge in [-0.05, 0) is 41.4 Å². The third-order valence-electron chi connectivity index (χ3n) is 3.82. The molecule has 0 spiro atoms. The maximum absolute atomic E-state index is 10.7. The summed E-state index contributed by atoms with van der Waals surface area (Å²) in [5, 5.41) is 19.3. The molecule has 0 heterocycles. The largest absolute Gasteiger partial charge is 0.507 e. The van der Waals surface area contributed by atoms with Gasteiger partial charge in [-0.2, -0.15) is 0 Å². The third kappa shape index (κ3) is 5.74. The summed E-state index contributed by atoms with van der Waals surface area (Å²) in [7, 11) is 0. The Labute approximate surface area is 140 Å². The first-order valence-electron chi connectivity index (χ1n) is 8.19. The summed E-state index contributed by atoms with van der Waals surface area (Å²) in [6.45, 7) is 12.6. The van der Waals surface area contributed by atoms with E-state index in [4.69, 9.17) is 5.11 Å². The van der Waals surface area contributed by atoms with Crippen LogP contribution in [-0.2, 0) is 15.6 Å². The van der Waals surface area contributed by atoms with Crippen molar-refractivity contribution in [3.05, 3.63) is 34.9 Å². The molecule has 0 fully saturated rings. The monoisotopic (exact) mass is 318 g/mol. The molecule has 1 aromatic rings. The number of carbonyl (C=O) groups is 1. The second-order valence-electron chi connectivity index (χ2n) is 8.15. The number of phenols is 1. The fraction of sp³-hybridized carbons (Fsp3) is 0.550. The number of unbranched alkanes of at least 4 members (excludes halogenated alkanes) is 1. The Kier molecular flexibility index (Phi) is 6.04. The van der Waals surface area contributed by atoms with E-state index in [0.29, 0.717) is 12.2 Å². The van der Waals surface area contributed by atoms with Crippen molar-refractivity contribution in [2.75, 3.05) is 0 Å². The number of aliphatic carboxylic acids is 1. The quantitative estimate of drug-likeness (QED) is 0.728. The second-order valence-corrected chi connectivity index (χ2v) is 8.15. The molecule has 0 bridgehead atoms. The Morgan fingerprint density at radius 3 is 1.91 bits per heavy atom. The first kappa shape index (κ1) is 19.3. The summed E-state index contributed by atoms with van der Waals surface area (Å²) in [4.78, 5) is 10.5. The number of aromatic hydroxyl groups is 1. The van der Waals surface area contributed by atoms with E-state index < -0.39 is 5.97 Å². The summed E-state index contributed by atoms with van der Waals surface area (Å²) in [5.41, 5.74) is 2.65. The lowest BCUT2D eigenvalue weighted by Crippen LogP contribution is -2.17. The van der Waals surface area contributed by atoms with Gasteiger partial charge in [0.05, 0.1) is 0 Å². The minimum Gasteiger partial charge on any atom is -0.507 e. The molecule has 0 aliphatic carbocycles. The van der Waals surface area contributed by atoms with Crippen LogP contribution in [0.5, 0.6) is 5.75 Å². The Morgan fingerprint density at radius 1 is 1.04 bits per heavy atom. The van der Waals surface area contributed by atoms with Crippen molar-refractivity contribution in [1.29, 1.82) is 0 Å². The number of carboxylic acids is 1. The van der Waals surface area contributed by atoms with Gasteiger partial charge in [-0.1, -0.05) is 53.7 Å². The predicted octanol–water partition coefficient (Wildman–Crippen LogP) is 5.26. The van der Waals surface area contributed by atoms with E-state index >= 15 is 0 Å². The van der Waals surface area contributed by atoms with Gasteiger partial charge < -0.3 is 10.2 Å². The van der Waals surface area contributed by atoms with E-state index in [1.165, 1.54) is 0 Å². The zero-order valence-electron chi connectivity index (χ0n) is 15.2. The Bertz CT molecular complexity index is 549. The van der Waals surface area contributed by atoms with Crippen LogP contribution in [0.3, 0.4) is 0 Å². The second kappa shape index (κ2) is 7.20. The minimum absolute atomic E-state index is 0.142. The summed E-state index contributed by atoms with van der Waals surface area (Å²) >= 11 is 0. The molecular weight excluding hydrogens is 288 g/mol. The van der Waals surface area contributed by atoms with Crippen LogP contribution < -0.4 is 0 Å². The number of phenolic OH excluding ortho intramolecular Hbond substituents is 1. The van der Waals surface area contributed by atoms with Crippen molar-refractivity contribution in [2.45, 2.75) is 71.6 Å². The lowest BCUT2D eigenvalue weighted by molar-refractivity contribution is -0.137. The highest BCUT2D eigenvalue weighted by molar-refractivity contribution is 5.66. The summed E-state index contributed by atoms with van der Waals surface area (Å²) in [5.74, 6) is -0.374. The summed E-state index contributed by atoms with van der Waals surface area (Å²) in [6.07, 6.45) is 5.60. The molecule has 1 rings (SSSR count). The van der Waals surface area contributed by atoms with Crippen LogP contribution in [-0.4, -0.2) is 16.2 Å². The van der Waals surface area contributed by atoms with Crippen molar-refractivity contribution >= 4 is 12.0 Å². The van der Waals surface area contributed by atoms with Crippen molar-refractivity contribution in [3.8, 4) is 5.75 Å². The predicted molar refractivity (Wildman–Crippen MR) is 96.0 cm³/mol. The van der Waals surface area contributed by atoms with Crippen LogP contribution in [0.15, 0.2) is 18.2 Å². The highest BCUT2D eigenvalue weighted by Gasteiger charge is 2.26. The molecule has 0 saturated carbocycles. The number of allylic oxidation sites excluding steroid dienone is 1. The zero-order valence-corrected chi connectivity index (χ0v) is 15.2. The van der Waals surface area contributed by atoms with Crippen molar-refractivity contribution in [1.82, 2.24) is 0 Å². The zero-order chi connectivity index (χ0) is 17.8. The van der Waals surface area contributed by atoms with Gasteiger partial charge in [0.1, 0.15) is 5.75 Å². The number of benzene rings is 1. The lowest BCUT2D eigenvalue weighted by atomic mass is 9.78. The molecule has 128 valence electrons. The van der Waals surface area contributed by atoms with Crippen LogP contribution >= 0.6 is 0 Å². The van der Waals surface area contributed by atoms with Gasteiger partial charge in [0.2, 0.25) is 0 Å². The molecule has 3 heteroatoms. The molecule has 0 atom stereocenters. The van der Waals surface area contributed by atoms with Gasteiger partial charge in [0, 0.05) is 17.5 Å². The van der Waals surface area contributed by atoms with Gasteiger partial charge in [-0.3, -0.25) is 4.79 Å². The first-order valence-corrected chi connectivity index (χ1v) is 8.19. The number of hydrogen-bond donors (Lipinski definition) is 2. The Balaban J connectivity index is 3.13. The summed E-state index contributed by atoms with van der Waals surface area (Å²) < 4.78 is 0.